The molecule has 1 aromatic carbocycles. The van der Waals surface area contributed by atoms with Crippen LogP contribution in [0.3, 0.4) is 0 Å². The number of anilines is 1. The standard InChI is InChI=1S/C19H24N2O5/c20-14-3-1-13(2-4-14)11-15(18(24)26-10-7-22)21-16-12-17(23)19(16)5-8-25-9-6-19/h1-4,12,15,21-22H,5-11,20H2/t15-/m0/s1. The Morgan fingerprint density at radius 1 is 1.31 bits per heavy atom. The van der Waals surface area contributed by atoms with E-state index < -0.39 is 17.4 Å². The molecule has 1 atom stereocenters. The first kappa shape index (κ1) is 18.4. The molecule has 1 spiro atoms. The van der Waals surface area contributed by atoms with E-state index in [0.717, 1.165) is 11.3 Å². The first-order chi connectivity index (χ1) is 12.5. The number of aliphatic hydroxyl groups is 1. The first-order valence-electron chi connectivity index (χ1n) is 8.78. The summed E-state index contributed by atoms with van der Waals surface area (Å²) in [7, 11) is 0. The number of aliphatic hydroxyl groups excluding tert-OH is 1. The Labute approximate surface area is 152 Å². The number of carbonyl (C=O) groups is 2. The van der Waals surface area contributed by atoms with Crippen molar-refractivity contribution in [2.75, 3.05) is 32.2 Å². The number of hydrogen-bond donors (Lipinski definition) is 3. The van der Waals surface area contributed by atoms with E-state index in [1.807, 2.05) is 12.1 Å². The van der Waals surface area contributed by atoms with Crippen LogP contribution < -0.4 is 11.1 Å². The maximum Gasteiger partial charge on any atom is 0.328 e. The largest absolute Gasteiger partial charge is 0.462 e. The van der Waals surface area contributed by atoms with Gasteiger partial charge in [-0.3, -0.25) is 4.79 Å². The molecule has 1 heterocycles. The number of ether oxygens (including phenoxy) is 2. The Morgan fingerprint density at radius 2 is 2.00 bits per heavy atom. The number of allylic oxidation sites excluding steroid dienone is 2. The third kappa shape index (κ3) is 3.73. The molecule has 140 valence electrons. The van der Waals surface area contributed by atoms with E-state index >= 15 is 0 Å². The molecule has 0 radical (unpaired) electrons. The molecule has 1 aliphatic heterocycles. The quantitative estimate of drug-likeness (QED) is 0.481. The Morgan fingerprint density at radius 3 is 2.62 bits per heavy atom. The zero-order valence-electron chi connectivity index (χ0n) is 14.6. The summed E-state index contributed by atoms with van der Waals surface area (Å²) in [5.74, 6) is -0.378. The van der Waals surface area contributed by atoms with E-state index in [4.69, 9.17) is 20.3 Å². The molecule has 4 N–H and O–H groups in total. The van der Waals surface area contributed by atoms with Crippen molar-refractivity contribution in [1.29, 1.82) is 0 Å². The van der Waals surface area contributed by atoms with Crippen molar-refractivity contribution in [2.24, 2.45) is 5.41 Å². The van der Waals surface area contributed by atoms with Gasteiger partial charge in [0.1, 0.15) is 12.6 Å². The van der Waals surface area contributed by atoms with Crippen LogP contribution in [0, 0.1) is 5.41 Å². The minimum atomic E-state index is -0.649. The zero-order valence-corrected chi connectivity index (χ0v) is 14.6. The van der Waals surface area contributed by atoms with Crippen LogP contribution in [0.1, 0.15) is 18.4 Å². The molecule has 1 fully saturated rings. The van der Waals surface area contributed by atoms with Gasteiger partial charge >= 0.3 is 5.97 Å². The van der Waals surface area contributed by atoms with Crippen molar-refractivity contribution in [3.63, 3.8) is 0 Å². The second-order valence-electron chi connectivity index (χ2n) is 6.65. The second kappa shape index (κ2) is 7.88. The lowest BCUT2D eigenvalue weighted by molar-refractivity contribution is -0.147. The number of benzene rings is 1. The summed E-state index contributed by atoms with van der Waals surface area (Å²) in [4.78, 5) is 24.6. The van der Waals surface area contributed by atoms with Crippen molar-refractivity contribution in [3.05, 3.63) is 41.6 Å². The lowest BCUT2D eigenvalue weighted by Crippen LogP contribution is -2.53. The predicted molar refractivity (Wildman–Crippen MR) is 95.1 cm³/mol. The zero-order chi connectivity index (χ0) is 18.6. The lowest BCUT2D eigenvalue weighted by atomic mass is 9.66. The number of rotatable bonds is 7. The highest BCUT2D eigenvalue weighted by molar-refractivity contribution is 6.05. The molecule has 0 aromatic heterocycles. The van der Waals surface area contributed by atoms with Crippen molar-refractivity contribution in [3.8, 4) is 0 Å². The number of nitrogen functional groups attached to an aromatic ring is 1. The van der Waals surface area contributed by atoms with Crippen LogP contribution in [0.25, 0.3) is 0 Å². The molecule has 7 nitrogen and oxygen atoms in total. The normalized spacial score (nSPS) is 19.4. The third-order valence-corrected chi connectivity index (χ3v) is 4.98. The summed E-state index contributed by atoms with van der Waals surface area (Å²) >= 11 is 0. The number of carbonyl (C=O) groups excluding carboxylic acids is 2. The van der Waals surface area contributed by atoms with Crippen molar-refractivity contribution >= 4 is 17.4 Å². The van der Waals surface area contributed by atoms with Gasteiger partial charge in [0.05, 0.1) is 12.0 Å². The fourth-order valence-electron chi connectivity index (χ4n) is 3.40. The molecule has 1 aromatic rings. The van der Waals surface area contributed by atoms with Gasteiger partial charge < -0.3 is 25.6 Å². The summed E-state index contributed by atoms with van der Waals surface area (Å²) in [6.07, 6.45) is 3.18. The van der Waals surface area contributed by atoms with E-state index in [1.165, 1.54) is 0 Å². The molecule has 1 saturated heterocycles. The highest BCUT2D eigenvalue weighted by Crippen LogP contribution is 2.44. The lowest BCUT2D eigenvalue weighted by Gasteiger charge is -2.44. The van der Waals surface area contributed by atoms with Crippen molar-refractivity contribution in [2.45, 2.75) is 25.3 Å². The molecule has 0 saturated carbocycles. The summed E-state index contributed by atoms with van der Waals surface area (Å²) in [6, 6.07) is 6.61. The number of nitrogens with one attached hydrogen (secondary N) is 1. The summed E-state index contributed by atoms with van der Waals surface area (Å²) in [6.45, 7) is 0.767. The molecule has 0 amide bonds. The molecule has 0 bridgehead atoms. The van der Waals surface area contributed by atoms with Gasteiger partial charge in [-0.25, -0.2) is 4.79 Å². The van der Waals surface area contributed by atoms with Crippen LogP contribution in [-0.2, 0) is 25.5 Å². The van der Waals surface area contributed by atoms with Gasteiger partial charge in [-0.05, 0) is 30.5 Å². The van der Waals surface area contributed by atoms with Crippen LogP contribution in [0.4, 0.5) is 5.69 Å². The van der Waals surface area contributed by atoms with Gasteiger partial charge in [-0.2, -0.15) is 0 Å². The number of esters is 1. The van der Waals surface area contributed by atoms with Gasteiger partial charge in [0, 0.05) is 37.1 Å². The molecule has 7 heteroatoms. The number of nitrogens with two attached hydrogens (primary N) is 1. The van der Waals surface area contributed by atoms with E-state index in [-0.39, 0.29) is 19.0 Å². The van der Waals surface area contributed by atoms with Crippen LogP contribution in [0.15, 0.2) is 36.0 Å². The van der Waals surface area contributed by atoms with E-state index in [1.54, 1.807) is 18.2 Å². The SMILES string of the molecule is Nc1ccc(C[C@H](NC2=CC(=O)C23CCOCC3)C(=O)OCCO)cc1. The maximum atomic E-state index is 12.4. The molecule has 26 heavy (non-hydrogen) atoms. The molecule has 0 unspecified atom stereocenters. The minimum absolute atomic E-state index is 0.0598. The average Bonchev–Trinajstić information content (AvgIpc) is 2.67. The molecular formula is C19H24N2O5. The van der Waals surface area contributed by atoms with Crippen LogP contribution in [-0.4, -0.2) is 49.3 Å². The van der Waals surface area contributed by atoms with Crippen LogP contribution in [0.2, 0.25) is 0 Å². The summed E-state index contributed by atoms with van der Waals surface area (Å²) < 4.78 is 10.5. The highest BCUT2D eigenvalue weighted by Gasteiger charge is 2.49. The fraction of sp³-hybridized carbons (Fsp3) is 0.474. The maximum absolute atomic E-state index is 12.4. The molecule has 1 aliphatic carbocycles. The van der Waals surface area contributed by atoms with E-state index in [2.05, 4.69) is 5.32 Å². The average molecular weight is 360 g/mol. The first-order valence-corrected chi connectivity index (χ1v) is 8.78. The summed E-state index contributed by atoms with van der Waals surface area (Å²) in [5, 5.41) is 12.1. The van der Waals surface area contributed by atoms with E-state index in [0.29, 0.717) is 38.2 Å². The van der Waals surface area contributed by atoms with Gasteiger partial charge in [-0.1, -0.05) is 12.1 Å². The predicted octanol–water partition coefficient (Wildman–Crippen LogP) is 0.568. The van der Waals surface area contributed by atoms with Crippen molar-refractivity contribution < 1.29 is 24.2 Å². The minimum Gasteiger partial charge on any atom is -0.462 e. The summed E-state index contributed by atoms with van der Waals surface area (Å²) in [5.41, 5.74) is 7.49. The monoisotopic (exact) mass is 360 g/mol. The van der Waals surface area contributed by atoms with Gasteiger partial charge in [0.15, 0.2) is 5.78 Å². The second-order valence-corrected chi connectivity index (χ2v) is 6.65. The van der Waals surface area contributed by atoms with E-state index in [9.17, 15) is 9.59 Å². The molecular weight excluding hydrogens is 336 g/mol. The highest BCUT2D eigenvalue weighted by atomic mass is 16.5. The van der Waals surface area contributed by atoms with Gasteiger partial charge in [0.25, 0.3) is 0 Å². The van der Waals surface area contributed by atoms with Crippen LogP contribution >= 0.6 is 0 Å². The number of ketones is 1. The Bertz CT molecular complexity index is 692. The fourth-order valence-corrected chi connectivity index (χ4v) is 3.40. The van der Waals surface area contributed by atoms with Crippen molar-refractivity contribution in [1.82, 2.24) is 5.32 Å². The van der Waals surface area contributed by atoms with Crippen LogP contribution in [0.5, 0.6) is 0 Å². The number of hydrogen-bond acceptors (Lipinski definition) is 7. The third-order valence-electron chi connectivity index (χ3n) is 4.98. The van der Waals surface area contributed by atoms with Gasteiger partial charge in [0.2, 0.25) is 0 Å². The van der Waals surface area contributed by atoms with Gasteiger partial charge in [-0.15, -0.1) is 0 Å². The molecule has 3 rings (SSSR count). The smallest absolute Gasteiger partial charge is 0.328 e. The molecule has 2 aliphatic rings. The Kier molecular flexibility index (Phi) is 5.58. The Hall–Kier alpha value is -2.38. The topological polar surface area (TPSA) is 111 Å². The Balaban J connectivity index is 1.75.